The number of hydrogen-bond donors (Lipinski definition) is 4. The number of carbonyl (C=O) groups is 4. The van der Waals surface area contributed by atoms with Crippen LogP contribution in [0, 0.1) is 34.9 Å². The molecule has 2 saturated carbocycles. The van der Waals surface area contributed by atoms with E-state index < -0.39 is 40.7 Å². The summed E-state index contributed by atoms with van der Waals surface area (Å²) in [7, 11) is 1.69. The Labute approximate surface area is 399 Å². The van der Waals surface area contributed by atoms with Crippen molar-refractivity contribution < 1.29 is 23.6 Å². The van der Waals surface area contributed by atoms with Gasteiger partial charge in [0.2, 0.25) is 23.6 Å². The van der Waals surface area contributed by atoms with Crippen LogP contribution in [0.25, 0.3) is 11.0 Å². The average Bonchev–Trinajstić information content (AvgIpc) is 3.86. The number of rotatable bonds is 6. The van der Waals surface area contributed by atoms with Gasteiger partial charge < -0.3 is 15.5 Å². The number of carbonyl (C=O) groups excluding carboxylic acids is 4. The van der Waals surface area contributed by atoms with Crippen LogP contribution in [0.2, 0.25) is 10.2 Å². The largest absolute Gasteiger partial charge is 0.352 e. The number of likely N-dealkylation sites (tertiary alicyclic amines) is 1. The number of benzene rings is 2. The normalized spacial score (nSPS) is 28.3. The van der Waals surface area contributed by atoms with Crippen LogP contribution in [0.1, 0.15) is 120 Å². The number of piperidine rings is 2. The Kier molecular flexibility index (Phi) is 11.9. The molecule has 352 valence electrons. The Morgan fingerprint density at radius 1 is 0.910 bits per heavy atom. The van der Waals surface area contributed by atoms with Gasteiger partial charge >= 0.3 is 5.69 Å². The van der Waals surface area contributed by atoms with Gasteiger partial charge in [-0.25, -0.2) is 14.2 Å². The van der Waals surface area contributed by atoms with Crippen molar-refractivity contribution in [3.05, 3.63) is 91.8 Å². The van der Waals surface area contributed by atoms with Crippen LogP contribution in [0.5, 0.6) is 0 Å². The van der Waals surface area contributed by atoms with Gasteiger partial charge in [0.1, 0.15) is 11.5 Å². The monoisotopic (exact) mass is 950 g/mol. The molecule has 2 aliphatic carbocycles. The Balaban J connectivity index is 0.787. The van der Waals surface area contributed by atoms with E-state index in [0.717, 1.165) is 76.6 Å². The van der Waals surface area contributed by atoms with E-state index in [2.05, 4.69) is 56.8 Å². The molecule has 3 saturated heterocycles. The first kappa shape index (κ1) is 45.7. The standard InChI is InChI=1S/C51H57Cl2FN8O5/c1-49(2)19-21-50(22-20-49)51(35-12-9-32(52)27-36(35)57-47(51)66)41(34-16-23-55-44(53)42(34)54)43(59-50)46(65)56-33-10-6-31(7-11-33)28-61-24-17-29(18-25-61)4-5-30-8-13-37-39(26-30)60(3)48(67)62(37)38-14-15-40(63)58-45(38)64/h8-9,12-13,16,23,26-27,29,31,33,38,41,43,59H,6-7,10-11,14-15,17-22,24-25,28H2,1-3H3,(H,56,65)(H,57,66)(H,58,63,64)/t31-,33-,38?,41-,43+,51+/m0/s1. The SMILES string of the molecule is Cn1c(=O)n(C2CCC(=O)NC2=O)c2ccc(C#CC3CCN(C[C@H]4CC[C@H](NC(=O)[C@@H]5NC6(CCC(C)(C)CC6)[C@@]6(C(=O)Nc7cc(Cl)ccc76)[C@H]5c5ccnc(Cl)c5F)CC4)CC3)cc21. The van der Waals surface area contributed by atoms with Gasteiger partial charge in [-0.15, -0.1) is 0 Å². The molecule has 10 rings (SSSR count). The third-order valence-corrected chi connectivity index (χ3v) is 16.8. The van der Waals surface area contributed by atoms with Gasteiger partial charge in [0.05, 0.1) is 17.1 Å². The number of aryl methyl sites for hydroxylation is 1. The van der Waals surface area contributed by atoms with Gasteiger partial charge in [0.15, 0.2) is 11.0 Å². The first-order chi connectivity index (χ1) is 32.1. The van der Waals surface area contributed by atoms with Crippen LogP contribution >= 0.6 is 23.2 Å². The Hall–Kier alpha value is -5.07. The van der Waals surface area contributed by atoms with Crippen LogP contribution in [-0.4, -0.2) is 79.9 Å². The number of halogens is 3. The fraction of sp³-hybridized carbons (Fsp3) is 0.529. The van der Waals surface area contributed by atoms with Crippen molar-refractivity contribution in [2.24, 2.45) is 24.3 Å². The summed E-state index contributed by atoms with van der Waals surface area (Å²) in [6, 6.07) is 10.9. The van der Waals surface area contributed by atoms with E-state index in [0.29, 0.717) is 46.1 Å². The maximum absolute atomic E-state index is 16.4. The molecular weight excluding hydrogens is 895 g/mol. The summed E-state index contributed by atoms with van der Waals surface area (Å²) < 4.78 is 19.4. The van der Waals surface area contributed by atoms with E-state index >= 15 is 4.39 Å². The van der Waals surface area contributed by atoms with Crippen LogP contribution < -0.4 is 27.0 Å². The van der Waals surface area contributed by atoms with Gasteiger partial charge in [-0.2, -0.15) is 0 Å². The Bertz CT molecular complexity index is 2810. The lowest BCUT2D eigenvalue weighted by atomic mass is 9.53. The Morgan fingerprint density at radius 3 is 2.39 bits per heavy atom. The second kappa shape index (κ2) is 17.5. The van der Waals surface area contributed by atoms with Crippen LogP contribution in [-0.2, 0) is 31.6 Å². The molecule has 4 N–H and O–H groups in total. The summed E-state index contributed by atoms with van der Waals surface area (Å²) in [5, 5.41) is 12.8. The van der Waals surface area contributed by atoms with E-state index in [-0.39, 0.29) is 64.3 Å². The van der Waals surface area contributed by atoms with Gasteiger partial charge in [-0.1, -0.05) is 55.0 Å². The van der Waals surface area contributed by atoms with Crippen molar-refractivity contribution in [1.29, 1.82) is 0 Å². The van der Waals surface area contributed by atoms with Crippen LogP contribution in [0.3, 0.4) is 0 Å². The maximum atomic E-state index is 16.4. The fourth-order valence-corrected chi connectivity index (χ4v) is 12.9. The number of aromatic nitrogens is 3. The third-order valence-electron chi connectivity index (χ3n) is 16.3. The summed E-state index contributed by atoms with van der Waals surface area (Å²) in [5.74, 6) is 4.64. The van der Waals surface area contributed by atoms with Gasteiger partial charge in [-0.3, -0.25) is 38.9 Å². The lowest BCUT2D eigenvalue weighted by Crippen LogP contribution is -2.61. The topological polar surface area (TPSA) is 159 Å². The predicted molar refractivity (Wildman–Crippen MR) is 254 cm³/mol. The third kappa shape index (κ3) is 7.97. The summed E-state index contributed by atoms with van der Waals surface area (Å²) >= 11 is 12.8. The second-order valence-electron chi connectivity index (χ2n) is 20.8. The zero-order chi connectivity index (χ0) is 47.0. The molecule has 13 nitrogen and oxygen atoms in total. The highest BCUT2D eigenvalue weighted by Crippen LogP contribution is 2.64. The van der Waals surface area contributed by atoms with Gasteiger partial charge in [0.25, 0.3) is 0 Å². The minimum atomic E-state index is -1.32. The minimum Gasteiger partial charge on any atom is -0.352 e. The highest BCUT2D eigenvalue weighted by Gasteiger charge is 2.73. The molecule has 4 aliphatic heterocycles. The van der Waals surface area contributed by atoms with E-state index in [1.54, 1.807) is 25.2 Å². The Morgan fingerprint density at radius 2 is 1.66 bits per heavy atom. The molecule has 16 heteroatoms. The molecule has 4 atom stereocenters. The number of hydrogen-bond acceptors (Lipinski definition) is 8. The van der Waals surface area contributed by atoms with Crippen molar-refractivity contribution in [1.82, 2.24) is 35.0 Å². The van der Waals surface area contributed by atoms with Crippen molar-refractivity contribution in [3.63, 3.8) is 0 Å². The number of imide groups is 1. The van der Waals surface area contributed by atoms with Crippen LogP contribution in [0.15, 0.2) is 53.5 Å². The predicted octanol–water partition coefficient (Wildman–Crippen LogP) is 6.88. The highest BCUT2D eigenvalue weighted by molar-refractivity contribution is 6.31. The minimum absolute atomic E-state index is 0.0365. The molecule has 2 spiro atoms. The molecule has 67 heavy (non-hydrogen) atoms. The lowest BCUT2D eigenvalue weighted by molar-refractivity contribution is -0.136. The van der Waals surface area contributed by atoms with E-state index in [4.69, 9.17) is 23.2 Å². The zero-order valence-electron chi connectivity index (χ0n) is 38.2. The van der Waals surface area contributed by atoms with Crippen molar-refractivity contribution in [2.75, 3.05) is 25.0 Å². The molecule has 0 radical (unpaired) electrons. The first-order valence-corrected chi connectivity index (χ1v) is 24.6. The molecule has 6 aliphatic rings. The molecule has 1 unspecified atom stereocenters. The fourth-order valence-electron chi connectivity index (χ4n) is 12.6. The highest BCUT2D eigenvalue weighted by atomic mass is 35.5. The van der Waals surface area contributed by atoms with Crippen LogP contribution in [0.4, 0.5) is 10.1 Å². The summed E-state index contributed by atoms with van der Waals surface area (Å²) in [6.07, 6.45) is 10.3. The summed E-state index contributed by atoms with van der Waals surface area (Å²) in [4.78, 5) is 73.8. The molecule has 6 heterocycles. The molecule has 4 amide bonds. The molecular formula is C51H57Cl2FN8O5. The lowest BCUT2D eigenvalue weighted by Gasteiger charge is -2.50. The zero-order valence-corrected chi connectivity index (χ0v) is 39.7. The number of pyridine rings is 1. The smallest absolute Gasteiger partial charge is 0.329 e. The number of fused-ring (bicyclic) bond motifs is 4. The molecule has 5 fully saturated rings. The molecule has 4 aromatic rings. The van der Waals surface area contributed by atoms with Gasteiger partial charge in [0, 0.05) is 65.9 Å². The van der Waals surface area contributed by atoms with Crippen molar-refractivity contribution in [3.8, 4) is 11.8 Å². The van der Waals surface area contributed by atoms with Crippen molar-refractivity contribution >= 4 is 63.6 Å². The molecule has 2 aromatic heterocycles. The number of anilines is 1. The number of amides is 4. The van der Waals surface area contributed by atoms with Gasteiger partial charge in [-0.05, 0) is 143 Å². The second-order valence-corrected chi connectivity index (χ2v) is 21.5. The van der Waals surface area contributed by atoms with E-state index in [1.165, 1.54) is 15.3 Å². The van der Waals surface area contributed by atoms with Crippen molar-refractivity contribution in [2.45, 2.75) is 126 Å². The number of nitrogens with zero attached hydrogens (tertiary/aromatic N) is 4. The number of nitrogens with one attached hydrogen (secondary N) is 4. The molecule has 2 aromatic carbocycles. The number of imidazole rings is 1. The first-order valence-electron chi connectivity index (χ1n) is 23.9. The summed E-state index contributed by atoms with van der Waals surface area (Å²) in [6.45, 7) is 7.35. The molecule has 0 bridgehead atoms. The quantitative estimate of drug-likeness (QED) is 0.0926. The van der Waals surface area contributed by atoms with E-state index in [9.17, 15) is 24.0 Å². The maximum Gasteiger partial charge on any atom is 0.329 e. The summed E-state index contributed by atoms with van der Waals surface area (Å²) in [5.41, 5.74) is 1.19. The average molecular weight is 952 g/mol. The van der Waals surface area contributed by atoms with E-state index in [1.807, 2.05) is 24.3 Å².